The highest BCUT2D eigenvalue weighted by Crippen LogP contribution is 2.28. The van der Waals surface area contributed by atoms with Crippen LogP contribution in [0, 0.1) is 6.92 Å². The highest BCUT2D eigenvalue weighted by atomic mass is 16.5. The van der Waals surface area contributed by atoms with Gasteiger partial charge in [0, 0.05) is 49.5 Å². The minimum absolute atomic E-state index is 0.0292. The Hall–Kier alpha value is -3.29. The third-order valence-electron chi connectivity index (χ3n) is 5.05. The largest absolute Gasteiger partial charge is 0.360 e. The summed E-state index contributed by atoms with van der Waals surface area (Å²) >= 11 is 0. The van der Waals surface area contributed by atoms with Crippen LogP contribution in [0.3, 0.4) is 0 Å². The maximum atomic E-state index is 13.0. The van der Waals surface area contributed by atoms with E-state index < -0.39 is 0 Å². The van der Waals surface area contributed by atoms with Crippen LogP contribution < -0.4 is 5.56 Å². The predicted molar refractivity (Wildman–Crippen MR) is 102 cm³/mol. The fourth-order valence-corrected chi connectivity index (χ4v) is 3.59. The molecule has 0 aromatic carbocycles. The molecule has 4 heterocycles. The lowest BCUT2D eigenvalue weighted by Crippen LogP contribution is -2.29. The van der Waals surface area contributed by atoms with Crippen molar-refractivity contribution in [1.82, 2.24) is 25.0 Å². The van der Waals surface area contributed by atoms with Gasteiger partial charge in [0.05, 0.1) is 11.4 Å². The van der Waals surface area contributed by atoms with E-state index in [4.69, 9.17) is 4.52 Å². The van der Waals surface area contributed by atoms with Crippen LogP contribution in [0.2, 0.25) is 0 Å². The van der Waals surface area contributed by atoms with E-state index in [1.54, 1.807) is 30.3 Å². The van der Waals surface area contributed by atoms with Gasteiger partial charge in [-0.3, -0.25) is 14.6 Å². The predicted octanol–water partition coefficient (Wildman–Crippen LogP) is 2.32. The van der Waals surface area contributed by atoms with Crippen LogP contribution in [0.1, 0.15) is 46.9 Å². The molecule has 0 spiro atoms. The lowest BCUT2D eigenvalue weighted by atomic mass is 10.1. The van der Waals surface area contributed by atoms with Crippen LogP contribution >= 0.6 is 0 Å². The number of nitrogens with zero attached hydrogens (tertiary/aromatic N) is 4. The number of carbonyl (C=O) groups is 1. The molecule has 1 amide bonds. The Labute approximate surface area is 161 Å². The molecule has 8 heteroatoms. The summed E-state index contributed by atoms with van der Waals surface area (Å²) in [7, 11) is 0. The molecule has 3 aromatic heterocycles. The number of aryl methyl sites for hydroxylation is 2. The standard InChI is InChI=1S/C20H21N5O3/c1-3-16-18(12(2)24-28-16)20(27)25-8-6-14(11-25)19-22-15(9-17(26)23-19)13-5-4-7-21-10-13/h4-5,7,9-10,14H,3,6,8,11H2,1-2H3,(H,22,23,26). The number of amides is 1. The van der Waals surface area contributed by atoms with Crippen molar-refractivity contribution in [1.29, 1.82) is 0 Å². The van der Waals surface area contributed by atoms with Gasteiger partial charge in [0.25, 0.3) is 11.5 Å². The molecule has 144 valence electrons. The summed E-state index contributed by atoms with van der Waals surface area (Å²) in [6.45, 7) is 4.80. The highest BCUT2D eigenvalue weighted by Gasteiger charge is 2.32. The molecule has 0 aliphatic carbocycles. The van der Waals surface area contributed by atoms with Crippen molar-refractivity contribution in [2.45, 2.75) is 32.6 Å². The second-order valence-corrected chi connectivity index (χ2v) is 6.91. The van der Waals surface area contributed by atoms with Gasteiger partial charge in [-0.25, -0.2) is 4.98 Å². The van der Waals surface area contributed by atoms with Crippen LogP contribution in [0.5, 0.6) is 0 Å². The minimum Gasteiger partial charge on any atom is -0.360 e. The Morgan fingerprint density at radius 2 is 2.29 bits per heavy atom. The molecule has 8 nitrogen and oxygen atoms in total. The number of likely N-dealkylation sites (tertiary alicyclic amines) is 1. The maximum absolute atomic E-state index is 13.0. The van der Waals surface area contributed by atoms with Gasteiger partial charge in [-0.2, -0.15) is 0 Å². The van der Waals surface area contributed by atoms with Gasteiger partial charge in [0.2, 0.25) is 0 Å². The molecule has 1 unspecified atom stereocenters. The maximum Gasteiger partial charge on any atom is 0.259 e. The van der Waals surface area contributed by atoms with Crippen molar-refractivity contribution in [2.24, 2.45) is 0 Å². The van der Waals surface area contributed by atoms with Crippen LogP contribution in [-0.4, -0.2) is 44.0 Å². The number of nitrogens with one attached hydrogen (secondary N) is 1. The van der Waals surface area contributed by atoms with Gasteiger partial charge in [0.1, 0.15) is 17.1 Å². The number of H-pyrrole nitrogens is 1. The van der Waals surface area contributed by atoms with E-state index in [0.29, 0.717) is 48.0 Å². The molecule has 1 N–H and O–H groups in total. The third kappa shape index (κ3) is 3.33. The molecule has 4 rings (SSSR count). The Bertz CT molecular complexity index is 1060. The van der Waals surface area contributed by atoms with Crippen LogP contribution in [0.4, 0.5) is 0 Å². The van der Waals surface area contributed by atoms with Crippen LogP contribution in [-0.2, 0) is 6.42 Å². The first-order valence-electron chi connectivity index (χ1n) is 9.33. The first-order valence-corrected chi connectivity index (χ1v) is 9.33. The van der Waals surface area contributed by atoms with Crippen molar-refractivity contribution < 1.29 is 9.32 Å². The minimum atomic E-state index is -0.211. The Balaban J connectivity index is 1.58. The molecule has 1 fully saturated rings. The second-order valence-electron chi connectivity index (χ2n) is 6.91. The number of aromatic nitrogens is 4. The highest BCUT2D eigenvalue weighted by molar-refractivity contribution is 5.96. The van der Waals surface area contributed by atoms with E-state index in [1.165, 1.54) is 6.07 Å². The van der Waals surface area contributed by atoms with E-state index in [2.05, 4.69) is 20.1 Å². The fraction of sp³-hybridized carbons (Fsp3) is 0.350. The fourth-order valence-electron chi connectivity index (χ4n) is 3.59. The molecule has 28 heavy (non-hydrogen) atoms. The van der Waals surface area contributed by atoms with E-state index in [0.717, 1.165) is 12.0 Å². The van der Waals surface area contributed by atoms with Gasteiger partial charge in [-0.05, 0) is 25.5 Å². The van der Waals surface area contributed by atoms with Crippen molar-refractivity contribution in [2.75, 3.05) is 13.1 Å². The zero-order valence-electron chi connectivity index (χ0n) is 15.8. The molecule has 1 aliphatic heterocycles. The van der Waals surface area contributed by atoms with Gasteiger partial charge >= 0.3 is 0 Å². The van der Waals surface area contributed by atoms with Crippen molar-refractivity contribution in [3.05, 3.63) is 63.8 Å². The average molecular weight is 379 g/mol. The number of carbonyl (C=O) groups excluding carboxylic acids is 1. The SMILES string of the molecule is CCc1onc(C)c1C(=O)N1CCC(c2nc(-c3cccnc3)cc(=O)[nH]2)C1. The molecule has 0 radical (unpaired) electrons. The quantitative estimate of drug-likeness (QED) is 0.746. The molecule has 1 aliphatic rings. The third-order valence-corrected chi connectivity index (χ3v) is 5.05. The van der Waals surface area contributed by atoms with E-state index in [1.807, 2.05) is 13.0 Å². The number of aromatic amines is 1. The summed E-state index contributed by atoms with van der Waals surface area (Å²) < 4.78 is 5.25. The smallest absolute Gasteiger partial charge is 0.259 e. The average Bonchev–Trinajstić information content (AvgIpc) is 3.34. The molecule has 1 saturated heterocycles. The Kier molecular flexibility index (Phi) is 4.77. The molecule has 3 aromatic rings. The normalized spacial score (nSPS) is 16.5. The monoisotopic (exact) mass is 379 g/mol. The van der Waals surface area contributed by atoms with Gasteiger partial charge < -0.3 is 14.4 Å². The number of rotatable bonds is 4. The molecular weight excluding hydrogens is 358 g/mol. The first-order chi connectivity index (χ1) is 13.6. The van der Waals surface area contributed by atoms with Crippen LogP contribution in [0.25, 0.3) is 11.3 Å². The number of hydrogen-bond acceptors (Lipinski definition) is 6. The number of pyridine rings is 1. The molecule has 0 saturated carbocycles. The second kappa shape index (κ2) is 7.38. The van der Waals surface area contributed by atoms with Gasteiger partial charge in [-0.15, -0.1) is 0 Å². The van der Waals surface area contributed by atoms with E-state index >= 15 is 0 Å². The summed E-state index contributed by atoms with van der Waals surface area (Å²) in [5.41, 5.74) is 2.31. The van der Waals surface area contributed by atoms with Crippen molar-refractivity contribution in [3.63, 3.8) is 0 Å². The lowest BCUT2D eigenvalue weighted by molar-refractivity contribution is 0.0787. The van der Waals surface area contributed by atoms with Crippen molar-refractivity contribution in [3.8, 4) is 11.3 Å². The van der Waals surface area contributed by atoms with Gasteiger partial charge in [-0.1, -0.05) is 12.1 Å². The van der Waals surface area contributed by atoms with Gasteiger partial charge in [0.15, 0.2) is 0 Å². The number of hydrogen-bond donors (Lipinski definition) is 1. The molecule has 1 atom stereocenters. The molecule has 0 bridgehead atoms. The van der Waals surface area contributed by atoms with E-state index in [9.17, 15) is 9.59 Å². The summed E-state index contributed by atoms with van der Waals surface area (Å²) in [5.74, 6) is 1.10. The Morgan fingerprint density at radius 3 is 3.04 bits per heavy atom. The summed E-state index contributed by atoms with van der Waals surface area (Å²) in [5, 5.41) is 3.93. The van der Waals surface area contributed by atoms with Crippen LogP contribution in [0.15, 0.2) is 39.9 Å². The van der Waals surface area contributed by atoms with E-state index in [-0.39, 0.29) is 17.4 Å². The zero-order chi connectivity index (χ0) is 19.7. The summed E-state index contributed by atoms with van der Waals surface area (Å²) in [4.78, 5) is 38.4. The summed E-state index contributed by atoms with van der Waals surface area (Å²) in [6, 6.07) is 5.14. The molecular formula is C20H21N5O3. The Morgan fingerprint density at radius 1 is 1.43 bits per heavy atom. The lowest BCUT2D eigenvalue weighted by Gasteiger charge is -2.16. The summed E-state index contributed by atoms with van der Waals surface area (Å²) in [6.07, 6.45) is 4.70. The topological polar surface area (TPSA) is 105 Å². The first kappa shape index (κ1) is 18.1. The van der Waals surface area contributed by atoms with Crippen molar-refractivity contribution >= 4 is 5.91 Å². The zero-order valence-corrected chi connectivity index (χ0v) is 15.8.